The molecule has 0 unspecified atom stereocenters. The van der Waals surface area contributed by atoms with Crippen molar-refractivity contribution < 1.29 is 9.26 Å². The Morgan fingerprint density at radius 1 is 1.07 bits per heavy atom. The van der Waals surface area contributed by atoms with Gasteiger partial charge in [-0.15, -0.1) is 5.10 Å². The first kappa shape index (κ1) is 17.1. The molecule has 140 valence electrons. The van der Waals surface area contributed by atoms with Crippen LogP contribution in [0.4, 0.5) is 0 Å². The molecular weight excluding hydrogens is 378 g/mol. The van der Waals surface area contributed by atoms with Gasteiger partial charge < -0.3 is 9.26 Å². The summed E-state index contributed by atoms with van der Waals surface area (Å²) in [7, 11) is 0. The Balaban J connectivity index is 1.41. The van der Waals surface area contributed by atoms with Gasteiger partial charge in [-0.2, -0.15) is 4.98 Å². The first-order valence-electron chi connectivity index (χ1n) is 8.88. The van der Waals surface area contributed by atoms with Crippen LogP contribution in [0.15, 0.2) is 53.1 Å². The summed E-state index contributed by atoms with van der Waals surface area (Å²) in [5, 5.41) is 13.3. The number of aryl methyl sites for hydroxylation is 1. The molecule has 2 aromatic heterocycles. The van der Waals surface area contributed by atoms with E-state index in [0.717, 1.165) is 16.8 Å². The Labute approximate surface area is 165 Å². The van der Waals surface area contributed by atoms with E-state index in [1.807, 2.05) is 60.1 Å². The van der Waals surface area contributed by atoms with Crippen LogP contribution in [-0.2, 0) is 17.9 Å². The molecule has 5 rings (SSSR count). The summed E-state index contributed by atoms with van der Waals surface area (Å²) in [6.07, 6.45) is -0.106. The molecule has 0 spiro atoms. The predicted molar refractivity (Wildman–Crippen MR) is 102 cm³/mol. The van der Waals surface area contributed by atoms with Gasteiger partial charge in [-0.1, -0.05) is 63.9 Å². The van der Waals surface area contributed by atoms with Crippen LogP contribution in [0, 0.1) is 6.92 Å². The Morgan fingerprint density at radius 2 is 1.86 bits per heavy atom. The highest BCUT2D eigenvalue weighted by atomic mass is 35.5. The molecule has 0 amide bonds. The van der Waals surface area contributed by atoms with Crippen molar-refractivity contribution in [2.24, 2.45) is 0 Å². The van der Waals surface area contributed by atoms with E-state index in [0.29, 0.717) is 35.6 Å². The van der Waals surface area contributed by atoms with Gasteiger partial charge in [0.25, 0.3) is 5.89 Å². The highest BCUT2D eigenvalue weighted by molar-refractivity contribution is 6.30. The average molecular weight is 394 g/mol. The van der Waals surface area contributed by atoms with Crippen LogP contribution < -0.4 is 0 Å². The SMILES string of the molecule is Cc1ccc(-c2noc(-c3nnn4c3CO[C@@H](c3ccc(Cl)cc3)C4)n2)cc1. The third-order valence-corrected chi connectivity index (χ3v) is 5.03. The van der Waals surface area contributed by atoms with Crippen molar-refractivity contribution in [2.75, 3.05) is 0 Å². The molecular formula is C20H16ClN5O2. The Bertz CT molecular complexity index is 1120. The van der Waals surface area contributed by atoms with Gasteiger partial charge in [-0.3, -0.25) is 0 Å². The second kappa shape index (κ2) is 6.85. The van der Waals surface area contributed by atoms with Gasteiger partial charge in [0.2, 0.25) is 5.82 Å². The fourth-order valence-electron chi connectivity index (χ4n) is 3.20. The molecule has 0 fully saturated rings. The Morgan fingerprint density at radius 3 is 2.64 bits per heavy atom. The maximum Gasteiger partial charge on any atom is 0.280 e. The number of hydrogen-bond acceptors (Lipinski definition) is 6. The van der Waals surface area contributed by atoms with Crippen LogP contribution in [0.5, 0.6) is 0 Å². The van der Waals surface area contributed by atoms with Gasteiger partial charge in [0.1, 0.15) is 6.10 Å². The molecule has 1 aliphatic heterocycles. The van der Waals surface area contributed by atoms with Crippen LogP contribution in [0.3, 0.4) is 0 Å². The lowest BCUT2D eigenvalue weighted by Gasteiger charge is -2.24. The summed E-state index contributed by atoms with van der Waals surface area (Å²) in [5.74, 6) is 0.859. The minimum Gasteiger partial charge on any atom is -0.365 e. The van der Waals surface area contributed by atoms with Gasteiger partial charge in [0.05, 0.1) is 18.8 Å². The molecule has 0 bridgehead atoms. The van der Waals surface area contributed by atoms with Crippen molar-refractivity contribution >= 4 is 11.6 Å². The first-order chi connectivity index (χ1) is 13.7. The molecule has 8 heteroatoms. The molecule has 1 aliphatic rings. The van der Waals surface area contributed by atoms with Crippen molar-refractivity contribution in [3.8, 4) is 23.0 Å². The molecule has 0 radical (unpaired) electrons. The average Bonchev–Trinajstić information content (AvgIpc) is 3.35. The molecule has 1 atom stereocenters. The van der Waals surface area contributed by atoms with E-state index in [1.54, 1.807) is 0 Å². The molecule has 28 heavy (non-hydrogen) atoms. The van der Waals surface area contributed by atoms with E-state index < -0.39 is 0 Å². The second-order valence-electron chi connectivity index (χ2n) is 6.71. The molecule has 0 N–H and O–H groups in total. The van der Waals surface area contributed by atoms with Crippen molar-refractivity contribution in [2.45, 2.75) is 26.2 Å². The summed E-state index contributed by atoms with van der Waals surface area (Å²) < 4.78 is 13.3. The lowest BCUT2D eigenvalue weighted by Crippen LogP contribution is -2.22. The standard InChI is InChI=1S/C20H16ClN5O2/c1-12-2-4-14(5-3-12)19-22-20(28-24-19)18-16-11-27-17(10-26(16)25-23-18)13-6-8-15(21)9-7-13/h2-9,17H,10-11H2,1H3/t17-/m1/s1. The minimum absolute atomic E-state index is 0.106. The number of benzene rings is 2. The minimum atomic E-state index is -0.106. The smallest absolute Gasteiger partial charge is 0.280 e. The topological polar surface area (TPSA) is 78.9 Å². The van der Waals surface area contributed by atoms with E-state index in [4.69, 9.17) is 20.9 Å². The van der Waals surface area contributed by atoms with Crippen LogP contribution in [0.2, 0.25) is 5.02 Å². The van der Waals surface area contributed by atoms with E-state index in [9.17, 15) is 0 Å². The summed E-state index contributed by atoms with van der Waals surface area (Å²) in [4.78, 5) is 4.48. The third kappa shape index (κ3) is 3.08. The van der Waals surface area contributed by atoms with Gasteiger partial charge in [0.15, 0.2) is 5.69 Å². The molecule has 4 aromatic rings. The quantitative estimate of drug-likeness (QED) is 0.518. The Kier molecular flexibility index (Phi) is 4.18. The van der Waals surface area contributed by atoms with Gasteiger partial charge in [-0.25, -0.2) is 4.68 Å². The van der Waals surface area contributed by atoms with Crippen LogP contribution in [0.25, 0.3) is 23.0 Å². The number of halogens is 1. The van der Waals surface area contributed by atoms with E-state index >= 15 is 0 Å². The summed E-state index contributed by atoms with van der Waals surface area (Å²) in [5.41, 5.74) is 4.49. The van der Waals surface area contributed by atoms with E-state index in [1.165, 1.54) is 5.56 Å². The Hall–Kier alpha value is -3.03. The molecule has 0 aliphatic carbocycles. The highest BCUT2D eigenvalue weighted by Crippen LogP contribution is 2.31. The first-order valence-corrected chi connectivity index (χ1v) is 9.26. The van der Waals surface area contributed by atoms with Crippen molar-refractivity contribution in [3.63, 3.8) is 0 Å². The van der Waals surface area contributed by atoms with Crippen molar-refractivity contribution in [3.05, 3.63) is 70.4 Å². The highest BCUT2D eigenvalue weighted by Gasteiger charge is 2.28. The fraction of sp³-hybridized carbons (Fsp3) is 0.200. The van der Waals surface area contributed by atoms with Crippen molar-refractivity contribution in [1.29, 1.82) is 0 Å². The predicted octanol–water partition coefficient (Wildman–Crippen LogP) is 4.23. The lowest BCUT2D eigenvalue weighted by molar-refractivity contribution is -0.00117. The summed E-state index contributed by atoms with van der Waals surface area (Å²) in [6, 6.07) is 15.6. The van der Waals surface area contributed by atoms with Gasteiger partial charge in [0, 0.05) is 10.6 Å². The van der Waals surface area contributed by atoms with E-state index in [2.05, 4.69) is 20.5 Å². The maximum atomic E-state index is 6.02. The number of aromatic nitrogens is 5. The van der Waals surface area contributed by atoms with Crippen molar-refractivity contribution in [1.82, 2.24) is 25.1 Å². The zero-order valence-electron chi connectivity index (χ0n) is 15.0. The van der Waals surface area contributed by atoms with Crippen LogP contribution >= 0.6 is 11.6 Å². The molecule has 2 aromatic carbocycles. The molecule has 0 saturated carbocycles. The summed E-state index contributed by atoms with van der Waals surface area (Å²) in [6.45, 7) is 2.95. The number of rotatable bonds is 3. The fourth-order valence-corrected chi connectivity index (χ4v) is 3.32. The zero-order valence-corrected chi connectivity index (χ0v) is 15.8. The van der Waals surface area contributed by atoms with Crippen LogP contribution in [0.1, 0.15) is 22.9 Å². The summed E-state index contributed by atoms with van der Waals surface area (Å²) >= 11 is 5.97. The van der Waals surface area contributed by atoms with Gasteiger partial charge >= 0.3 is 0 Å². The zero-order chi connectivity index (χ0) is 19.1. The van der Waals surface area contributed by atoms with E-state index in [-0.39, 0.29) is 6.10 Å². The van der Waals surface area contributed by atoms with Crippen LogP contribution in [-0.4, -0.2) is 25.1 Å². The van der Waals surface area contributed by atoms with Gasteiger partial charge in [-0.05, 0) is 24.6 Å². The normalized spacial score (nSPS) is 16.1. The number of ether oxygens (including phenoxy) is 1. The number of fused-ring (bicyclic) bond motifs is 1. The molecule has 0 saturated heterocycles. The largest absolute Gasteiger partial charge is 0.365 e. The lowest BCUT2D eigenvalue weighted by atomic mass is 10.1. The monoisotopic (exact) mass is 393 g/mol. The third-order valence-electron chi connectivity index (χ3n) is 4.78. The number of hydrogen-bond donors (Lipinski definition) is 0. The molecule has 7 nitrogen and oxygen atoms in total. The molecule has 3 heterocycles. The second-order valence-corrected chi connectivity index (χ2v) is 7.14. The maximum absolute atomic E-state index is 6.02. The number of nitrogens with zero attached hydrogens (tertiary/aromatic N) is 5.